The van der Waals surface area contributed by atoms with Crippen molar-refractivity contribution in [3.05, 3.63) is 29.8 Å². The molecule has 0 saturated carbocycles. The smallest absolute Gasteiger partial charge is 0.309 e. The highest BCUT2D eigenvalue weighted by atomic mass is 16.5. The molecule has 2 aliphatic heterocycles. The number of likely N-dealkylation sites (tertiary alicyclic amines) is 2. The van der Waals surface area contributed by atoms with Crippen LogP contribution in [0.4, 0.5) is 0 Å². The fourth-order valence-electron chi connectivity index (χ4n) is 4.20. The predicted molar refractivity (Wildman–Crippen MR) is 94.8 cm³/mol. The van der Waals surface area contributed by atoms with Crippen LogP contribution in [0.25, 0.3) is 0 Å². The van der Waals surface area contributed by atoms with Crippen LogP contribution in [0, 0.1) is 5.92 Å². The highest BCUT2D eigenvalue weighted by molar-refractivity contribution is 5.88. The van der Waals surface area contributed by atoms with Crippen molar-refractivity contribution in [1.82, 2.24) is 9.80 Å². The van der Waals surface area contributed by atoms with E-state index in [1.54, 1.807) is 11.9 Å². The van der Waals surface area contributed by atoms with Crippen molar-refractivity contribution in [2.45, 2.75) is 31.3 Å². The Morgan fingerprint density at radius 1 is 1.27 bits per heavy atom. The third-order valence-electron chi connectivity index (χ3n) is 5.78. The number of carbonyl (C=O) groups excluding carboxylic acids is 1. The van der Waals surface area contributed by atoms with Crippen molar-refractivity contribution in [3.8, 4) is 5.75 Å². The van der Waals surface area contributed by atoms with Gasteiger partial charge in [0.05, 0.1) is 18.1 Å². The zero-order chi connectivity index (χ0) is 18.7. The normalized spacial score (nSPS) is 22.8. The van der Waals surface area contributed by atoms with Crippen LogP contribution in [0.5, 0.6) is 5.75 Å². The van der Waals surface area contributed by atoms with E-state index in [1.807, 2.05) is 24.3 Å². The van der Waals surface area contributed by atoms with Crippen LogP contribution in [0.2, 0.25) is 0 Å². The summed E-state index contributed by atoms with van der Waals surface area (Å²) in [5, 5.41) is 18.3. The molecule has 0 radical (unpaired) electrons. The standard InChI is InChI=1S/C19H26N2O5/c1-20-17(23)12-16(18(24)25)19(20)6-8-21(9-7-19)13-14-2-4-15(5-3-14)26-11-10-22/h2-5,16,22H,6-13H2,1H3,(H,24,25)/t16-/m0/s1. The molecule has 26 heavy (non-hydrogen) atoms. The van der Waals surface area contributed by atoms with Crippen LogP contribution in [-0.4, -0.2) is 70.8 Å². The number of aliphatic hydroxyl groups excluding tert-OH is 1. The molecule has 2 saturated heterocycles. The maximum Gasteiger partial charge on any atom is 0.309 e. The first kappa shape index (κ1) is 18.7. The van der Waals surface area contributed by atoms with Crippen molar-refractivity contribution >= 4 is 11.9 Å². The maximum absolute atomic E-state index is 12.1. The van der Waals surface area contributed by atoms with Gasteiger partial charge in [-0.15, -0.1) is 0 Å². The SMILES string of the molecule is CN1C(=O)C[C@@H](C(=O)O)C12CCN(Cc1ccc(OCCO)cc1)CC2. The molecule has 1 aromatic rings. The zero-order valence-electron chi connectivity index (χ0n) is 15.1. The number of rotatable bonds is 6. The Balaban J connectivity index is 1.60. The van der Waals surface area contributed by atoms with Crippen LogP contribution in [0.1, 0.15) is 24.8 Å². The molecular formula is C19H26N2O5. The molecule has 2 heterocycles. The van der Waals surface area contributed by atoms with Crippen LogP contribution in [0.3, 0.4) is 0 Å². The van der Waals surface area contributed by atoms with E-state index in [4.69, 9.17) is 9.84 Å². The van der Waals surface area contributed by atoms with Gasteiger partial charge in [-0.25, -0.2) is 0 Å². The van der Waals surface area contributed by atoms with Crippen LogP contribution >= 0.6 is 0 Å². The second-order valence-corrected chi connectivity index (χ2v) is 7.14. The van der Waals surface area contributed by atoms with Crippen molar-refractivity contribution in [2.75, 3.05) is 33.4 Å². The van der Waals surface area contributed by atoms with Gasteiger partial charge in [-0.3, -0.25) is 14.5 Å². The molecule has 3 rings (SSSR count). The lowest BCUT2D eigenvalue weighted by Gasteiger charge is -2.45. The van der Waals surface area contributed by atoms with E-state index >= 15 is 0 Å². The summed E-state index contributed by atoms with van der Waals surface area (Å²) < 4.78 is 5.36. The number of piperidine rings is 1. The average molecular weight is 362 g/mol. The summed E-state index contributed by atoms with van der Waals surface area (Å²) in [5.41, 5.74) is 0.615. The minimum Gasteiger partial charge on any atom is -0.491 e. The lowest BCUT2D eigenvalue weighted by atomic mass is 9.77. The lowest BCUT2D eigenvalue weighted by molar-refractivity contribution is -0.146. The Morgan fingerprint density at radius 3 is 2.50 bits per heavy atom. The van der Waals surface area contributed by atoms with Crippen molar-refractivity contribution in [3.63, 3.8) is 0 Å². The van der Waals surface area contributed by atoms with E-state index in [0.29, 0.717) is 12.8 Å². The number of hydrogen-bond acceptors (Lipinski definition) is 5. The Kier molecular flexibility index (Phi) is 5.48. The highest BCUT2D eigenvalue weighted by Crippen LogP contribution is 2.43. The maximum atomic E-state index is 12.1. The lowest BCUT2D eigenvalue weighted by Crippen LogP contribution is -2.55. The number of carbonyl (C=O) groups is 2. The van der Waals surface area contributed by atoms with Gasteiger partial charge in [0.15, 0.2) is 0 Å². The van der Waals surface area contributed by atoms with Gasteiger partial charge in [-0.1, -0.05) is 12.1 Å². The van der Waals surface area contributed by atoms with Gasteiger partial charge >= 0.3 is 5.97 Å². The molecule has 7 heteroatoms. The fourth-order valence-corrected chi connectivity index (χ4v) is 4.20. The number of hydrogen-bond donors (Lipinski definition) is 2. The van der Waals surface area contributed by atoms with E-state index in [0.717, 1.165) is 30.9 Å². The molecule has 2 fully saturated rings. The molecule has 1 spiro atoms. The van der Waals surface area contributed by atoms with Gasteiger partial charge in [0.25, 0.3) is 0 Å². The van der Waals surface area contributed by atoms with Crippen molar-refractivity contribution < 1.29 is 24.5 Å². The number of carboxylic acid groups (broad SMARTS) is 1. The number of ether oxygens (including phenoxy) is 1. The highest BCUT2D eigenvalue weighted by Gasteiger charge is 2.55. The molecule has 0 unspecified atom stereocenters. The molecule has 0 aromatic heterocycles. The van der Waals surface area contributed by atoms with Crippen molar-refractivity contribution in [2.24, 2.45) is 5.92 Å². The first-order valence-corrected chi connectivity index (χ1v) is 9.01. The molecule has 1 atom stereocenters. The molecule has 2 N–H and O–H groups in total. The van der Waals surface area contributed by atoms with Gasteiger partial charge < -0.3 is 19.8 Å². The Hall–Kier alpha value is -2.12. The van der Waals surface area contributed by atoms with Gasteiger partial charge in [0, 0.05) is 33.1 Å². The van der Waals surface area contributed by atoms with Gasteiger partial charge in [-0.05, 0) is 30.5 Å². The number of benzene rings is 1. The van der Waals surface area contributed by atoms with Crippen LogP contribution in [-0.2, 0) is 16.1 Å². The Morgan fingerprint density at radius 2 is 1.92 bits per heavy atom. The van der Waals surface area contributed by atoms with E-state index in [9.17, 15) is 14.7 Å². The summed E-state index contributed by atoms with van der Waals surface area (Å²) in [4.78, 5) is 27.7. The average Bonchev–Trinajstić information content (AvgIpc) is 2.88. The summed E-state index contributed by atoms with van der Waals surface area (Å²) >= 11 is 0. The van der Waals surface area contributed by atoms with Crippen LogP contribution < -0.4 is 4.74 Å². The third kappa shape index (κ3) is 3.54. The molecule has 0 aliphatic carbocycles. The van der Waals surface area contributed by atoms with Gasteiger partial charge in [0.1, 0.15) is 12.4 Å². The number of aliphatic carboxylic acids is 1. The van der Waals surface area contributed by atoms with E-state index in [1.165, 1.54) is 0 Å². The molecule has 7 nitrogen and oxygen atoms in total. The second-order valence-electron chi connectivity index (χ2n) is 7.14. The summed E-state index contributed by atoms with van der Waals surface area (Å²) in [7, 11) is 1.74. The molecule has 1 aromatic carbocycles. The first-order valence-electron chi connectivity index (χ1n) is 9.01. The first-order chi connectivity index (χ1) is 12.5. The third-order valence-corrected chi connectivity index (χ3v) is 5.78. The quantitative estimate of drug-likeness (QED) is 0.783. The summed E-state index contributed by atoms with van der Waals surface area (Å²) in [6.45, 7) is 2.59. The number of amides is 1. The summed E-state index contributed by atoms with van der Waals surface area (Å²) in [6.07, 6.45) is 1.48. The topological polar surface area (TPSA) is 90.3 Å². The number of aliphatic hydroxyl groups is 1. The minimum absolute atomic E-state index is 0.00837. The number of carboxylic acids is 1. The monoisotopic (exact) mass is 362 g/mol. The van der Waals surface area contributed by atoms with E-state index in [2.05, 4.69) is 4.90 Å². The van der Waals surface area contributed by atoms with Crippen LogP contribution in [0.15, 0.2) is 24.3 Å². The Labute approximate surface area is 153 Å². The van der Waals surface area contributed by atoms with Gasteiger partial charge in [-0.2, -0.15) is 0 Å². The molecule has 0 bridgehead atoms. The fraction of sp³-hybridized carbons (Fsp3) is 0.579. The molecule has 1 amide bonds. The molecule has 2 aliphatic rings. The molecule has 142 valence electrons. The predicted octanol–water partition coefficient (Wildman–Crippen LogP) is 0.955. The summed E-state index contributed by atoms with van der Waals surface area (Å²) in [5.74, 6) is -0.806. The van der Waals surface area contributed by atoms with E-state index in [-0.39, 0.29) is 25.5 Å². The Bertz CT molecular complexity index is 652. The summed E-state index contributed by atoms with van der Waals surface area (Å²) in [6, 6.07) is 7.78. The minimum atomic E-state index is -0.866. The van der Waals surface area contributed by atoms with Gasteiger partial charge in [0.2, 0.25) is 5.91 Å². The zero-order valence-corrected chi connectivity index (χ0v) is 15.1. The second kappa shape index (κ2) is 7.63. The molecular weight excluding hydrogens is 336 g/mol. The van der Waals surface area contributed by atoms with E-state index < -0.39 is 17.4 Å². The largest absolute Gasteiger partial charge is 0.491 e. The number of nitrogens with zero attached hydrogens (tertiary/aromatic N) is 2. The van der Waals surface area contributed by atoms with Crippen molar-refractivity contribution in [1.29, 1.82) is 0 Å².